The number of esters is 1. The van der Waals surface area contributed by atoms with Crippen molar-refractivity contribution in [1.29, 1.82) is 0 Å². The van der Waals surface area contributed by atoms with E-state index in [9.17, 15) is 13.2 Å². The molecule has 0 saturated heterocycles. The molecule has 0 aromatic heterocycles. The zero-order chi connectivity index (χ0) is 16.5. The lowest BCUT2D eigenvalue weighted by Gasteiger charge is -2.00. The second-order valence-electron chi connectivity index (χ2n) is 4.13. The Morgan fingerprint density at radius 2 is 1.95 bits per heavy atom. The summed E-state index contributed by atoms with van der Waals surface area (Å²) in [6, 6.07) is 6.10. The van der Waals surface area contributed by atoms with Crippen LogP contribution in [0.2, 0.25) is 0 Å². The van der Waals surface area contributed by atoms with Crippen LogP contribution in [0.4, 0.5) is 0 Å². The summed E-state index contributed by atoms with van der Waals surface area (Å²) in [6.07, 6.45) is 2.24. The monoisotopic (exact) mass is 312 g/mol. The van der Waals surface area contributed by atoms with Gasteiger partial charge in [-0.05, 0) is 25.0 Å². The maximum absolute atomic E-state index is 10.7. The van der Waals surface area contributed by atoms with Crippen LogP contribution < -0.4 is 0 Å². The summed E-state index contributed by atoms with van der Waals surface area (Å²) in [5.41, 5.74) is 0.864. The number of benzene rings is 1. The van der Waals surface area contributed by atoms with Gasteiger partial charge in [-0.15, -0.1) is 0 Å². The summed E-state index contributed by atoms with van der Waals surface area (Å²) >= 11 is 0. The quantitative estimate of drug-likeness (QED) is 0.513. The average Bonchev–Trinajstić information content (AvgIpc) is 2.44. The Labute approximate surface area is 125 Å². The van der Waals surface area contributed by atoms with Gasteiger partial charge in [-0.3, -0.25) is 4.55 Å². The molecule has 0 heterocycles. The smallest absolute Gasteiger partial charge is 0.333 e. The first-order valence-electron chi connectivity index (χ1n) is 6.25. The van der Waals surface area contributed by atoms with Gasteiger partial charge in [0.1, 0.15) is 4.90 Å². The molecule has 1 N–H and O–H groups in total. The van der Waals surface area contributed by atoms with E-state index in [2.05, 4.69) is 13.2 Å². The Bertz CT molecular complexity index is 602. The molecule has 5 nitrogen and oxygen atoms in total. The minimum Gasteiger partial charge on any atom is -0.462 e. The molecule has 0 spiro atoms. The van der Waals surface area contributed by atoms with Gasteiger partial charge in [-0.2, -0.15) is 8.42 Å². The van der Waals surface area contributed by atoms with E-state index in [-0.39, 0.29) is 10.9 Å². The van der Waals surface area contributed by atoms with Gasteiger partial charge in [0.05, 0.1) is 6.61 Å². The molecule has 6 heteroatoms. The van der Waals surface area contributed by atoms with Crippen molar-refractivity contribution in [2.45, 2.75) is 25.2 Å². The largest absolute Gasteiger partial charge is 0.462 e. The highest BCUT2D eigenvalue weighted by molar-refractivity contribution is 7.85. The molecule has 0 unspecified atom stereocenters. The molecule has 0 atom stereocenters. The third-order valence-electron chi connectivity index (χ3n) is 2.20. The number of carbonyl (C=O) groups excluding carboxylic acids is 1. The van der Waals surface area contributed by atoms with Crippen LogP contribution in [0.15, 0.2) is 47.9 Å². The van der Waals surface area contributed by atoms with E-state index in [4.69, 9.17) is 9.29 Å². The molecule has 1 aromatic rings. The highest BCUT2D eigenvalue weighted by atomic mass is 32.2. The normalized spacial score (nSPS) is 10.0. The lowest BCUT2D eigenvalue weighted by Crippen LogP contribution is -2.04. The van der Waals surface area contributed by atoms with Crippen LogP contribution in [0, 0.1) is 0 Å². The van der Waals surface area contributed by atoms with Gasteiger partial charge in [0.2, 0.25) is 0 Å². The fraction of sp³-hybridized carbons (Fsp3) is 0.267. The molecule has 1 aromatic carbocycles. The topological polar surface area (TPSA) is 80.7 Å². The van der Waals surface area contributed by atoms with Gasteiger partial charge in [0, 0.05) is 5.57 Å². The number of carbonyl (C=O) groups is 1. The van der Waals surface area contributed by atoms with Crippen LogP contribution in [-0.2, 0) is 19.6 Å². The molecule has 0 aliphatic heterocycles. The third kappa shape index (κ3) is 7.43. The molecular weight excluding hydrogens is 292 g/mol. The van der Waals surface area contributed by atoms with Gasteiger partial charge in [0.15, 0.2) is 0 Å². The third-order valence-corrected chi connectivity index (χ3v) is 3.13. The molecule has 0 bridgehead atoms. The lowest BCUT2D eigenvalue weighted by molar-refractivity contribution is -0.138. The maximum atomic E-state index is 10.7. The lowest BCUT2D eigenvalue weighted by atomic mass is 10.2. The van der Waals surface area contributed by atoms with Crippen molar-refractivity contribution in [1.82, 2.24) is 0 Å². The van der Waals surface area contributed by atoms with Gasteiger partial charge >= 0.3 is 5.97 Å². The van der Waals surface area contributed by atoms with E-state index in [1.54, 1.807) is 19.1 Å². The van der Waals surface area contributed by atoms with Crippen molar-refractivity contribution in [2.75, 3.05) is 6.61 Å². The van der Waals surface area contributed by atoms with E-state index >= 15 is 0 Å². The number of rotatable bonds is 5. The molecule has 0 fully saturated rings. The van der Waals surface area contributed by atoms with Crippen molar-refractivity contribution >= 4 is 22.2 Å². The van der Waals surface area contributed by atoms with Crippen LogP contribution in [-0.4, -0.2) is 25.5 Å². The summed E-state index contributed by atoms with van der Waals surface area (Å²) in [5, 5.41) is 0. The zero-order valence-corrected chi connectivity index (χ0v) is 13.0. The molecular formula is C15H20O5S. The summed E-state index contributed by atoms with van der Waals surface area (Å²) in [6.45, 7) is 10.9. The standard InChI is InChI=1S/C8H8O3S.C7H12O2/c1-2-7-5-3-4-6-8(7)12(9,10)11;1-4-5-9-7(8)6(2)3/h2-6H,1H2,(H,9,10,11);2,4-5H2,1,3H3. The number of hydrogen-bond donors (Lipinski definition) is 1. The maximum Gasteiger partial charge on any atom is 0.333 e. The Morgan fingerprint density at radius 1 is 1.38 bits per heavy atom. The minimum absolute atomic E-state index is 0.111. The first-order valence-corrected chi connectivity index (χ1v) is 7.69. The van der Waals surface area contributed by atoms with Crippen LogP contribution in [0.25, 0.3) is 6.08 Å². The summed E-state index contributed by atoms with van der Waals surface area (Å²) in [7, 11) is -4.12. The van der Waals surface area contributed by atoms with Gasteiger partial charge in [-0.25, -0.2) is 4.79 Å². The summed E-state index contributed by atoms with van der Waals surface area (Å²) in [5.74, 6) is -0.295. The van der Waals surface area contributed by atoms with Crippen molar-refractivity contribution in [3.05, 3.63) is 48.6 Å². The summed E-state index contributed by atoms with van der Waals surface area (Å²) in [4.78, 5) is 10.5. The van der Waals surface area contributed by atoms with Crippen molar-refractivity contribution in [3.63, 3.8) is 0 Å². The SMILES string of the molecule is C=C(C)C(=O)OCCC.C=Cc1ccccc1S(=O)(=O)O. The summed E-state index contributed by atoms with van der Waals surface area (Å²) < 4.78 is 34.9. The van der Waals surface area contributed by atoms with E-state index < -0.39 is 10.1 Å². The highest BCUT2D eigenvalue weighted by Gasteiger charge is 2.11. The van der Waals surface area contributed by atoms with Gasteiger partial charge in [-0.1, -0.05) is 44.4 Å². The molecule has 1 rings (SSSR count). The second-order valence-corrected chi connectivity index (χ2v) is 5.52. The van der Waals surface area contributed by atoms with E-state index in [1.807, 2.05) is 6.92 Å². The predicted octanol–water partition coefficient (Wildman–Crippen LogP) is 3.09. The Balaban J connectivity index is 0.000000400. The van der Waals surface area contributed by atoms with E-state index in [1.165, 1.54) is 18.2 Å². The Morgan fingerprint density at radius 3 is 2.33 bits per heavy atom. The Hall–Kier alpha value is -1.92. The zero-order valence-electron chi connectivity index (χ0n) is 12.2. The molecule has 116 valence electrons. The number of hydrogen-bond acceptors (Lipinski definition) is 4. The van der Waals surface area contributed by atoms with Crippen molar-refractivity contribution < 1.29 is 22.5 Å². The first-order chi connectivity index (χ1) is 9.73. The van der Waals surface area contributed by atoms with Crippen molar-refractivity contribution in [2.24, 2.45) is 0 Å². The van der Waals surface area contributed by atoms with Crippen molar-refractivity contribution in [3.8, 4) is 0 Å². The van der Waals surface area contributed by atoms with Crippen LogP contribution in [0.1, 0.15) is 25.8 Å². The molecule has 0 saturated carbocycles. The minimum atomic E-state index is -4.12. The van der Waals surface area contributed by atoms with Crippen LogP contribution in [0.5, 0.6) is 0 Å². The predicted molar refractivity (Wildman–Crippen MR) is 82.4 cm³/mol. The average molecular weight is 312 g/mol. The van der Waals surface area contributed by atoms with E-state index in [0.717, 1.165) is 6.42 Å². The van der Waals surface area contributed by atoms with Crippen LogP contribution >= 0.6 is 0 Å². The molecule has 0 aliphatic carbocycles. The fourth-order valence-electron chi connectivity index (χ4n) is 1.20. The number of ether oxygens (including phenoxy) is 1. The highest BCUT2D eigenvalue weighted by Crippen LogP contribution is 2.15. The van der Waals surface area contributed by atoms with Gasteiger partial charge < -0.3 is 4.74 Å². The molecule has 0 aliphatic rings. The fourth-order valence-corrected chi connectivity index (χ4v) is 1.90. The molecule has 21 heavy (non-hydrogen) atoms. The van der Waals surface area contributed by atoms with Gasteiger partial charge in [0.25, 0.3) is 10.1 Å². The van der Waals surface area contributed by atoms with Crippen LogP contribution in [0.3, 0.4) is 0 Å². The molecule has 0 amide bonds. The Kier molecular flexibility index (Phi) is 8.26. The molecule has 0 radical (unpaired) electrons. The first kappa shape index (κ1) is 19.1. The van der Waals surface area contributed by atoms with E-state index in [0.29, 0.717) is 17.7 Å². The second kappa shape index (κ2) is 9.10.